The maximum absolute atomic E-state index is 11.3. The van der Waals surface area contributed by atoms with Gasteiger partial charge in [0.15, 0.2) is 0 Å². The Morgan fingerprint density at radius 1 is 1.64 bits per heavy atom. The Morgan fingerprint density at radius 2 is 2.29 bits per heavy atom. The van der Waals surface area contributed by atoms with Gasteiger partial charge in [-0.25, -0.2) is 0 Å². The molecule has 5 heteroatoms. The number of carbonyl (C=O) groups is 1. The summed E-state index contributed by atoms with van der Waals surface area (Å²) >= 11 is 0. The predicted octanol–water partition coefficient (Wildman–Crippen LogP) is 1.14. The highest BCUT2D eigenvalue weighted by molar-refractivity contribution is 5.72. The Labute approximate surface area is 82.2 Å². The van der Waals surface area contributed by atoms with Gasteiger partial charge in [0.1, 0.15) is 11.9 Å². The standard InChI is InChI=1S/C9H14N2O3/c1-9(2,3)14-7(12)4-6-5-13-8(10)11-6/h5H,4H2,1-3H3,(H2,10,11). The number of aromatic nitrogens is 1. The Kier molecular flexibility index (Phi) is 2.78. The van der Waals surface area contributed by atoms with E-state index in [9.17, 15) is 4.79 Å². The van der Waals surface area contributed by atoms with Crippen molar-refractivity contribution in [1.82, 2.24) is 4.98 Å². The molecule has 0 radical (unpaired) electrons. The van der Waals surface area contributed by atoms with Crippen LogP contribution in [-0.4, -0.2) is 16.6 Å². The van der Waals surface area contributed by atoms with Crippen molar-refractivity contribution >= 4 is 12.0 Å². The van der Waals surface area contributed by atoms with Gasteiger partial charge >= 0.3 is 5.97 Å². The molecule has 0 unspecified atom stereocenters. The van der Waals surface area contributed by atoms with E-state index >= 15 is 0 Å². The zero-order valence-electron chi connectivity index (χ0n) is 8.53. The molecule has 0 aliphatic carbocycles. The molecule has 0 amide bonds. The number of hydrogen-bond donors (Lipinski definition) is 1. The first-order valence-corrected chi connectivity index (χ1v) is 4.28. The lowest BCUT2D eigenvalue weighted by atomic mass is 10.2. The number of nitrogens with two attached hydrogens (primary N) is 1. The first-order valence-electron chi connectivity index (χ1n) is 4.28. The Bertz CT molecular complexity index is 325. The molecule has 0 saturated carbocycles. The van der Waals surface area contributed by atoms with Gasteiger partial charge in [-0.1, -0.05) is 0 Å². The van der Waals surface area contributed by atoms with Crippen LogP contribution in [0.1, 0.15) is 26.5 Å². The second-order valence-corrected chi connectivity index (χ2v) is 3.94. The number of anilines is 1. The van der Waals surface area contributed by atoms with E-state index in [4.69, 9.17) is 14.9 Å². The average Bonchev–Trinajstić information content (AvgIpc) is 2.30. The van der Waals surface area contributed by atoms with Crippen molar-refractivity contribution in [3.05, 3.63) is 12.0 Å². The Balaban J connectivity index is 2.50. The topological polar surface area (TPSA) is 78.3 Å². The normalized spacial score (nSPS) is 11.4. The number of nitrogens with zero attached hydrogens (tertiary/aromatic N) is 1. The van der Waals surface area contributed by atoms with Crippen molar-refractivity contribution in [3.8, 4) is 0 Å². The molecular weight excluding hydrogens is 184 g/mol. The number of ether oxygens (including phenoxy) is 1. The summed E-state index contributed by atoms with van der Waals surface area (Å²) in [5.74, 6) is -0.342. The highest BCUT2D eigenvalue weighted by Gasteiger charge is 2.17. The second kappa shape index (κ2) is 3.69. The molecule has 0 fully saturated rings. The fourth-order valence-electron chi connectivity index (χ4n) is 0.929. The van der Waals surface area contributed by atoms with Crippen molar-refractivity contribution in [3.63, 3.8) is 0 Å². The summed E-state index contributed by atoms with van der Waals surface area (Å²) in [6.45, 7) is 5.42. The molecule has 0 aliphatic rings. The van der Waals surface area contributed by atoms with E-state index in [0.29, 0.717) is 5.69 Å². The second-order valence-electron chi connectivity index (χ2n) is 3.94. The van der Waals surface area contributed by atoms with Crippen LogP contribution in [0.4, 0.5) is 6.01 Å². The molecule has 5 nitrogen and oxygen atoms in total. The largest absolute Gasteiger partial charge is 0.460 e. The summed E-state index contributed by atoms with van der Waals surface area (Å²) in [7, 11) is 0. The van der Waals surface area contributed by atoms with Crippen molar-refractivity contribution in [2.45, 2.75) is 32.8 Å². The molecule has 14 heavy (non-hydrogen) atoms. The molecule has 1 aromatic rings. The minimum Gasteiger partial charge on any atom is -0.460 e. The van der Waals surface area contributed by atoms with Crippen LogP contribution in [-0.2, 0) is 16.0 Å². The van der Waals surface area contributed by atoms with Gasteiger partial charge in [0, 0.05) is 0 Å². The average molecular weight is 198 g/mol. The summed E-state index contributed by atoms with van der Waals surface area (Å²) < 4.78 is 9.84. The Hall–Kier alpha value is -1.52. The van der Waals surface area contributed by atoms with E-state index in [1.54, 1.807) is 0 Å². The van der Waals surface area contributed by atoms with Crippen molar-refractivity contribution in [2.24, 2.45) is 0 Å². The fourth-order valence-corrected chi connectivity index (χ4v) is 0.929. The summed E-state index contributed by atoms with van der Waals surface area (Å²) in [6, 6.07) is 0.0589. The molecule has 0 atom stereocenters. The van der Waals surface area contributed by atoms with Crippen LogP contribution < -0.4 is 5.73 Å². The van der Waals surface area contributed by atoms with Gasteiger partial charge in [-0.3, -0.25) is 4.79 Å². The van der Waals surface area contributed by atoms with Gasteiger partial charge < -0.3 is 14.9 Å². The van der Waals surface area contributed by atoms with Gasteiger partial charge in [0.05, 0.1) is 12.1 Å². The molecule has 0 aromatic carbocycles. The summed E-state index contributed by atoms with van der Waals surface area (Å²) in [4.78, 5) is 15.1. The van der Waals surface area contributed by atoms with E-state index in [2.05, 4.69) is 4.98 Å². The highest BCUT2D eigenvalue weighted by atomic mass is 16.6. The van der Waals surface area contributed by atoms with Crippen LogP contribution in [0.5, 0.6) is 0 Å². The van der Waals surface area contributed by atoms with Crippen LogP contribution >= 0.6 is 0 Å². The number of hydrogen-bond acceptors (Lipinski definition) is 5. The van der Waals surface area contributed by atoms with Gasteiger partial charge in [0.25, 0.3) is 6.01 Å². The quantitative estimate of drug-likeness (QED) is 0.721. The minimum absolute atomic E-state index is 0.0589. The number of rotatable bonds is 2. The smallest absolute Gasteiger partial charge is 0.312 e. The molecule has 1 rings (SSSR count). The number of carbonyl (C=O) groups excluding carboxylic acids is 1. The van der Waals surface area contributed by atoms with Crippen LogP contribution in [0, 0.1) is 0 Å². The molecule has 0 saturated heterocycles. The van der Waals surface area contributed by atoms with E-state index in [1.165, 1.54) is 6.26 Å². The SMILES string of the molecule is CC(C)(C)OC(=O)Cc1coc(N)n1. The van der Waals surface area contributed by atoms with Crippen molar-refractivity contribution < 1.29 is 13.9 Å². The van der Waals surface area contributed by atoms with Gasteiger partial charge in [-0.2, -0.15) is 4.98 Å². The predicted molar refractivity (Wildman–Crippen MR) is 50.5 cm³/mol. The molecule has 1 aromatic heterocycles. The Morgan fingerprint density at radius 3 is 2.71 bits per heavy atom. The minimum atomic E-state index is -0.480. The lowest BCUT2D eigenvalue weighted by Gasteiger charge is -2.18. The summed E-state index contributed by atoms with van der Waals surface area (Å²) in [6.07, 6.45) is 1.43. The molecule has 1 heterocycles. The summed E-state index contributed by atoms with van der Waals surface area (Å²) in [5, 5.41) is 0. The fraction of sp³-hybridized carbons (Fsp3) is 0.556. The van der Waals surface area contributed by atoms with E-state index < -0.39 is 5.60 Å². The van der Waals surface area contributed by atoms with E-state index in [-0.39, 0.29) is 18.4 Å². The van der Waals surface area contributed by atoms with Crippen LogP contribution in [0.2, 0.25) is 0 Å². The summed E-state index contributed by atoms with van der Waals surface area (Å²) in [5.41, 5.74) is 5.25. The zero-order chi connectivity index (χ0) is 10.8. The molecule has 0 aliphatic heterocycles. The first kappa shape index (κ1) is 10.6. The highest BCUT2D eigenvalue weighted by Crippen LogP contribution is 2.10. The maximum atomic E-state index is 11.3. The maximum Gasteiger partial charge on any atom is 0.312 e. The molecular formula is C9H14N2O3. The van der Waals surface area contributed by atoms with E-state index in [0.717, 1.165) is 0 Å². The lowest BCUT2D eigenvalue weighted by Crippen LogP contribution is -2.24. The first-order chi connectivity index (χ1) is 6.37. The lowest BCUT2D eigenvalue weighted by molar-refractivity contribution is -0.153. The van der Waals surface area contributed by atoms with Crippen molar-refractivity contribution in [2.75, 3.05) is 5.73 Å². The van der Waals surface area contributed by atoms with Gasteiger partial charge in [-0.15, -0.1) is 0 Å². The molecule has 0 bridgehead atoms. The van der Waals surface area contributed by atoms with Crippen LogP contribution in [0.15, 0.2) is 10.7 Å². The van der Waals surface area contributed by atoms with Crippen molar-refractivity contribution in [1.29, 1.82) is 0 Å². The van der Waals surface area contributed by atoms with Gasteiger partial charge in [-0.05, 0) is 20.8 Å². The number of esters is 1. The monoisotopic (exact) mass is 198 g/mol. The third-order valence-corrected chi connectivity index (χ3v) is 1.31. The van der Waals surface area contributed by atoms with Crippen LogP contribution in [0.3, 0.4) is 0 Å². The molecule has 78 valence electrons. The van der Waals surface area contributed by atoms with Gasteiger partial charge in [0.2, 0.25) is 0 Å². The number of oxazole rings is 1. The third-order valence-electron chi connectivity index (χ3n) is 1.31. The third kappa shape index (κ3) is 3.47. The molecule has 0 spiro atoms. The van der Waals surface area contributed by atoms with E-state index in [1.807, 2.05) is 20.8 Å². The zero-order valence-corrected chi connectivity index (χ0v) is 8.53. The van der Waals surface area contributed by atoms with Crippen LogP contribution in [0.25, 0.3) is 0 Å². The number of nitrogen functional groups attached to an aromatic ring is 1. The molecule has 2 N–H and O–H groups in total.